The Bertz CT molecular complexity index is 762. The van der Waals surface area contributed by atoms with Crippen molar-refractivity contribution in [2.45, 2.75) is 20.4 Å². The highest BCUT2D eigenvalue weighted by Gasteiger charge is 2.16. The molecule has 0 saturated heterocycles. The molecule has 3 aromatic rings. The highest BCUT2D eigenvalue weighted by molar-refractivity contribution is 5.64. The molecule has 3 rings (SSSR count). The summed E-state index contributed by atoms with van der Waals surface area (Å²) < 4.78 is 1.86. The van der Waals surface area contributed by atoms with Crippen LogP contribution < -0.4 is 5.73 Å². The molecule has 0 bridgehead atoms. The maximum absolute atomic E-state index is 5.82. The number of nitrogens with two attached hydrogens (primary N) is 1. The van der Waals surface area contributed by atoms with Crippen LogP contribution in [0, 0.1) is 13.8 Å². The van der Waals surface area contributed by atoms with E-state index >= 15 is 0 Å². The minimum Gasteiger partial charge on any atom is -0.325 e. The third kappa shape index (κ3) is 2.32. The van der Waals surface area contributed by atoms with Crippen molar-refractivity contribution >= 4 is 0 Å². The second-order valence-corrected chi connectivity index (χ2v) is 4.96. The predicted molar refractivity (Wildman–Crippen MR) is 82.0 cm³/mol. The number of nitrogens with zero attached hydrogens (tertiary/aromatic N) is 4. The van der Waals surface area contributed by atoms with Crippen LogP contribution in [-0.4, -0.2) is 20.0 Å². The summed E-state index contributed by atoms with van der Waals surface area (Å²) in [5.74, 6) is 0. The van der Waals surface area contributed by atoms with Crippen molar-refractivity contribution in [1.29, 1.82) is 0 Å². The zero-order chi connectivity index (χ0) is 14.8. The predicted octanol–water partition coefficient (Wildman–Crippen LogP) is 2.40. The summed E-state index contributed by atoms with van der Waals surface area (Å²) in [6, 6.07) is 10.0. The first kappa shape index (κ1) is 13.5. The minimum absolute atomic E-state index is 0.350. The van der Waals surface area contributed by atoms with Gasteiger partial charge in [-0.25, -0.2) is 4.68 Å². The number of benzene rings is 1. The van der Waals surface area contributed by atoms with Crippen LogP contribution in [0.1, 0.15) is 16.8 Å². The lowest BCUT2D eigenvalue weighted by Gasteiger charge is -2.12. The van der Waals surface area contributed by atoms with E-state index in [0.29, 0.717) is 6.54 Å². The summed E-state index contributed by atoms with van der Waals surface area (Å²) in [6.45, 7) is 4.53. The molecular weight excluding hydrogens is 262 g/mol. The van der Waals surface area contributed by atoms with Gasteiger partial charge in [0.05, 0.1) is 11.4 Å². The maximum Gasteiger partial charge on any atom is 0.105 e. The Morgan fingerprint density at radius 1 is 1.10 bits per heavy atom. The van der Waals surface area contributed by atoms with Crippen LogP contribution in [0.3, 0.4) is 0 Å². The Morgan fingerprint density at radius 2 is 1.86 bits per heavy atom. The van der Waals surface area contributed by atoms with Crippen LogP contribution in [-0.2, 0) is 6.54 Å². The zero-order valence-electron chi connectivity index (χ0n) is 12.1. The number of hydrogen-bond donors (Lipinski definition) is 1. The molecule has 2 heterocycles. The molecule has 0 spiro atoms. The molecular formula is C16H17N5. The lowest BCUT2D eigenvalue weighted by Crippen LogP contribution is -2.04. The summed E-state index contributed by atoms with van der Waals surface area (Å²) in [7, 11) is 0. The third-order valence-electron chi connectivity index (χ3n) is 3.69. The molecule has 0 saturated carbocycles. The fourth-order valence-corrected chi connectivity index (χ4v) is 2.38. The number of rotatable bonds is 3. The molecule has 0 amide bonds. The van der Waals surface area contributed by atoms with E-state index in [2.05, 4.69) is 35.2 Å². The van der Waals surface area contributed by atoms with Gasteiger partial charge in [0.15, 0.2) is 0 Å². The van der Waals surface area contributed by atoms with Gasteiger partial charge in [-0.05, 0) is 43.2 Å². The van der Waals surface area contributed by atoms with Crippen LogP contribution in [0.2, 0.25) is 0 Å². The second kappa shape index (κ2) is 5.46. The Morgan fingerprint density at radius 3 is 2.57 bits per heavy atom. The summed E-state index contributed by atoms with van der Waals surface area (Å²) >= 11 is 0. The molecule has 21 heavy (non-hydrogen) atoms. The van der Waals surface area contributed by atoms with Crippen molar-refractivity contribution in [1.82, 2.24) is 20.0 Å². The summed E-state index contributed by atoms with van der Waals surface area (Å²) in [4.78, 5) is 4.06. The quantitative estimate of drug-likeness (QED) is 0.799. The van der Waals surface area contributed by atoms with Crippen LogP contribution >= 0.6 is 0 Å². The van der Waals surface area contributed by atoms with Gasteiger partial charge in [-0.1, -0.05) is 17.3 Å². The van der Waals surface area contributed by atoms with E-state index in [9.17, 15) is 0 Å². The highest BCUT2D eigenvalue weighted by atomic mass is 15.4. The number of pyridine rings is 1. The topological polar surface area (TPSA) is 69.6 Å². The molecule has 0 unspecified atom stereocenters. The first-order chi connectivity index (χ1) is 10.2. The molecule has 0 aliphatic carbocycles. The Kier molecular flexibility index (Phi) is 3.50. The fourth-order valence-electron chi connectivity index (χ4n) is 2.38. The minimum atomic E-state index is 0.350. The van der Waals surface area contributed by atoms with Gasteiger partial charge in [0.25, 0.3) is 0 Å². The van der Waals surface area contributed by atoms with E-state index in [4.69, 9.17) is 5.73 Å². The smallest absolute Gasteiger partial charge is 0.105 e. The van der Waals surface area contributed by atoms with Gasteiger partial charge in [0.2, 0.25) is 0 Å². The molecule has 5 heteroatoms. The zero-order valence-corrected chi connectivity index (χ0v) is 12.1. The van der Waals surface area contributed by atoms with E-state index in [1.807, 2.05) is 28.9 Å². The molecule has 0 aliphatic heterocycles. The van der Waals surface area contributed by atoms with Crippen LogP contribution in [0.4, 0.5) is 0 Å². The van der Waals surface area contributed by atoms with E-state index in [1.165, 1.54) is 11.1 Å². The van der Waals surface area contributed by atoms with Crippen molar-refractivity contribution in [2.24, 2.45) is 5.73 Å². The molecule has 0 fully saturated rings. The Labute approximate surface area is 123 Å². The summed E-state index contributed by atoms with van der Waals surface area (Å²) in [6.07, 6.45) is 3.52. The molecule has 0 radical (unpaired) electrons. The molecule has 1 aromatic carbocycles. The van der Waals surface area contributed by atoms with E-state index in [-0.39, 0.29) is 0 Å². The lowest BCUT2D eigenvalue weighted by atomic mass is 10.1. The van der Waals surface area contributed by atoms with E-state index in [0.717, 1.165) is 22.6 Å². The van der Waals surface area contributed by atoms with Gasteiger partial charge in [0, 0.05) is 24.5 Å². The SMILES string of the molecule is Cc1cccc(-n2nnc(CN)c2-c2ccncc2)c1C. The first-order valence-electron chi connectivity index (χ1n) is 6.84. The van der Waals surface area contributed by atoms with Crippen molar-refractivity contribution in [3.63, 3.8) is 0 Å². The Hall–Kier alpha value is -2.53. The van der Waals surface area contributed by atoms with Gasteiger partial charge in [-0.2, -0.15) is 0 Å². The average molecular weight is 279 g/mol. The molecule has 2 N–H and O–H groups in total. The lowest BCUT2D eigenvalue weighted by molar-refractivity contribution is 0.794. The van der Waals surface area contributed by atoms with Crippen molar-refractivity contribution in [3.8, 4) is 16.9 Å². The third-order valence-corrected chi connectivity index (χ3v) is 3.69. The molecule has 0 aliphatic rings. The molecule has 5 nitrogen and oxygen atoms in total. The largest absolute Gasteiger partial charge is 0.325 e. The van der Waals surface area contributed by atoms with Crippen LogP contribution in [0.15, 0.2) is 42.7 Å². The van der Waals surface area contributed by atoms with Crippen LogP contribution in [0.25, 0.3) is 16.9 Å². The van der Waals surface area contributed by atoms with Crippen molar-refractivity contribution in [2.75, 3.05) is 0 Å². The summed E-state index contributed by atoms with van der Waals surface area (Å²) in [5, 5.41) is 8.53. The molecule has 0 atom stereocenters. The van der Waals surface area contributed by atoms with Gasteiger partial charge in [-0.15, -0.1) is 5.10 Å². The molecule has 106 valence electrons. The average Bonchev–Trinajstić information content (AvgIpc) is 2.94. The van der Waals surface area contributed by atoms with Crippen molar-refractivity contribution < 1.29 is 0 Å². The van der Waals surface area contributed by atoms with Gasteiger partial charge < -0.3 is 5.73 Å². The standard InChI is InChI=1S/C16H17N5/c1-11-4-3-5-15(12(11)2)21-16(14(10-17)19-20-21)13-6-8-18-9-7-13/h3-9H,10,17H2,1-2H3. The van der Waals surface area contributed by atoms with Crippen LogP contribution in [0.5, 0.6) is 0 Å². The number of aromatic nitrogens is 4. The summed E-state index contributed by atoms with van der Waals surface area (Å²) in [5.41, 5.74) is 12.0. The fraction of sp³-hybridized carbons (Fsp3) is 0.188. The van der Waals surface area contributed by atoms with Gasteiger partial charge in [-0.3, -0.25) is 4.98 Å². The van der Waals surface area contributed by atoms with Crippen molar-refractivity contribution in [3.05, 3.63) is 59.5 Å². The van der Waals surface area contributed by atoms with E-state index in [1.54, 1.807) is 12.4 Å². The Balaban J connectivity index is 2.25. The maximum atomic E-state index is 5.82. The number of aryl methyl sites for hydroxylation is 1. The van der Waals surface area contributed by atoms with Gasteiger partial charge in [0.1, 0.15) is 5.69 Å². The van der Waals surface area contributed by atoms with E-state index < -0.39 is 0 Å². The monoisotopic (exact) mass is 279 g/mol. The second-order valence-electron chi connectivity index (χ2n) is 4.96. The molecule has 2 aromatic heterocycles. The van der Waals surface area contributed by atoms with Gasteiger partial charge >= 0.3 is 0 Å². The first-order valence-corrected chi connectivity index (χ1v) is 6.84. The normalized spacial score (nSPS) is 10.8. The number of hydrogen-bond acceptors (Lipinski definition) is 4. The highest BCUT2D eigenvalue weighted by Crippen LogP contribution is 2.26.